The van der Waals surface area contributed by atoms with Gasteiger partial charge in [0.05, 0.1) is 12.8 Å². The Bertz CT molecular complexity index is 1170. The lowest BCUT2D eigenvalue weighted by Gasteiger charge is -2.26. The van der Waals surface area contributed by atoms with Gasteiger partial charge in [-0.3, -0.25) is 4.79 Å². The van der Waals surface area contributed by atoms with Crippen LogP contribution in [-0.2, 0) is 13.0 Å². The van der Waals surface area contributed by atoms with E-state index in [1.54, 1.807) is 7.11 Å². The second-order valence-electron chi connectivity index (χ2n) is 7.48. The van der Waals surface area contributed by atoms with Crippen LogP contribution in [0.5, 0.6) is 5.75 Å². The van der Waals surface area contributed by atoms with Crippen LogP contribution < -0.4 is 21.1 Å². The molecule has 1 aliphatic rings. The van der Waals surface area contributed by atoms with Gasteiger partial charge < -0.3 is 26.0 Å². The third-order valence-electron chi connectivity index (χ3n) is 5.23. The summed E-state index contributed by atoms with van der Waals surface area (Å²) in [5.41, 5.74) is 7.79. The number of primary amides is 1. The molecule has 3 aromatic rings. The number of carbonyl (C=O) groups is 1. The first-order valence-corrected chi connectivity index (χ1v) is 9.89. The molecule has 4 N–H and O–H groups in total. The third kappa shape index (κ3) is 4.30. The van der Waals surface area contributed by atoms with Crippen LogP contribution >= 0.6 is 0 Å². The molecule has 166 valence electrons. The number of nitrogens with two attached hydrogens (primary N) is 1. The van der Waals surface area contributed by atoms with Gasteiger partial charge in [-0.2, -0.15) is 4.98 Å². The number of ether oxygens (including phenoxy) is 1. The minimum absolute atomic E-state index is 0.0941. The summed E-state index contributed by atoms with van der Waals surface area (Å²) in [5, 5.41) is 5.59. The Morgan fingerprint density at radius 1 is 1.19 bits per heavy atom. The highest BCUT2D eigenvalue weighted by molar-refractivity contribution is 5.98. The molecule has 1 aliphatic heterocycles. The van der Waals surface area contributed by atoms with E-state index in [4.69, 9.17) is 10.5 Å². The fourth-order valence-electron chi connectivity index (χ4n) is 3.57. The lowest BCUT2D eigenvalue weighted by atomic mass is 9.99. The fraction of sp³-hybridized carbons (Fsp3) is 0.227. The Kier molecular flexibility index (Phi) is 5.87. The van der Waals surface area contributed by atoms with Crippen LogP contribution in [0.1, 0.15) is 21.5 Å². The van der Waals surface area contributed by atoms with Crippen molar-refractivity contribution in [2.45, 2.75) is 13.0 Å². The summed E-state index contributed by atoms with van der Waals surface area (Å²) in [6.45, 7) is 1.75. The van der Waals surface area contributed by atoms with Gasteiger partial charge in [-0.15, -0.1) is 0 Å². The lowest BCUT2D eigenvalue weighted by molar-refractivity contribution is 0.100. The number of nitrogens with zero attached hydrogens (tertiary/aromatic N) is 3. The van der Waals surface area contributed by atoms with E-state index in [1.807, 2.05) is 19.2 Å². The van der Waals surface area contributed by atoms with Gasteiger partial charge in [0, 0.05) is 19.3 Å². The van der Waals surface area contributed by atoms with E-state index in [9.17, 15) is 13.6 Å². The zero-order valence-corrected chi connectivity index (χ0v) is 17.6. The quantitative estimate of drug-likeness (QED) is 0.540. The van der Waals surface area contributed by atoms with Crippen molar-refractivity contribution in [3.63, 3.8) is 0 Å². The molecular formula is C22H22F2N6O2. The first-order valence-electron chi connectivity index (χ1n) is 9.89. The number of hydrogen-bond donors (Lipinski definition) is 3. The number of anilines is 4. The summed E-state index contributed by atoms with van der Waals surface area (Å²) >= 11 is 0. The van der Waals surface area contributed by atoms with Crippen LogP contribution in [-0.4, -0.2) is 41.5 Å². The molecule has 0 bridgehead atoms. The van der Waals surface area contributed by atoms with Gasteiger partial charge in [0.15, 0.2) is 0 Å². The third-order valence-corrected chi connectivity index (χ3v) is 5.23. The van der Waals surface area contributed by atoms with E-state index in [1.165, 1.54) is 17.8 Å². The largest absolute Gasteiger partial charge is 0.495 e. The minimum atomic E-state index is -0.842. The highest BCUT2D eigenvalue weighted by Gasteiger charge is 2.19. The molecular weight excluding hydrogens is 418 g/mol. The molecule has 1 amide bonds. The average molecular weight is 440 g/mol. The number of aromatic nitrogens is 2. The van der Waals surface area contributed by atoms with Crippen LogP contribution in [0.3, 0.4) is 0 Å². The summed E-state index contributed by atoms with van der Waals surface area (Å²) in [6, 6.07) is 7.34. The molecule has 10 heteroatoms. The van der Waals surface area contributed by atoms with E-state index in [2.05, 4.69) is 25.5 Å². The standard InChI is InChI=1S/C22H22F2N6O2/c1-30-7-6-12-9-18(32-2)17(8-13(12)11-30)27-22-26-10-14(20(25)31)21(29-22)28-19-15(23)4-3-5-16(19)24/h3-5,8-10H,6-7,11H2,1-2H3,(H2,25,31)(H2,26,27,28,29). The second-order valence-corrected chi connectivity index (χ2v) is 7.48. The molecule has 0 radical (unpaired) electrons. The van der Waals surface area contributed by atoms with Gasteiger partial charge in [-0.05, 0) is 48.9 Å². The number of benzene rings is 2. The van der Waals surface area contributed by atoms with Crippen LogP contribution in [0, 0.1) is 11.6 Å². The maximum absolute atomic E-state index is 14.1. The average Bonchev–Trinajstić information content (AvgIpc) is 2.76. The van der Waals surface area contributed by atoms with Crippen molar-refractivity contribution in [2.24, 2.45) is 5.73 Å². The highest BCUT2D eigenvalue weighted by atomic mass is 19.1. The Balaban J connectivity index is 1.70. The molecule has 0 fully saturated rings. The highest BCUT2D eigenvalue weighted by Crippen LogP contribution is 2.33. The second kappa shape index (κ2) is 8.75. The Hall–Kier alpha value is -3.79. The lowest BCUT2D eigenvalue weighted by Crippen LogP contribution is -2.26. The molecule has 0 unspecified atom stereocenters. The molecule has 2 aromatic carbocycles. The van der Waals surface area contributed by atoms with Gasteiger partial charge in [0.1, 0.15) is 34.5 Å². The maximum atomic E-state index is 14.1. The topological polar surface area (TPSA) is 105 Å². The van der Waals surface area contributed by atoms with Crippen molar-refractivity contribution in [3.8, 4) is 5.75 Å². The van der Waals surface area contributed by atoms with E-state index in [0.29, 0.717) is 11.4 Å². The van der Waals surface area contributed by atoms with Crippen molar-refractivity contribution in [1.29, 1.82) is 0 Å². The predicted molar refractivity (Wildman–Crippen MR) is 117 cm³/mol. The molecule has 4 rings (SSSR count). The smallest absolute Gasteiger partial charge is 0.254 e. The first-order chi connectivity index (χ1) is 15.4. The minimum Gasteiger partial charge on any atom is -0.495 e. The zero-order valence-electron chi connectivity index (χ0n) is 17.6. The van der Waals surface area contributed by atoms with E-state index in [-0.39, 0.29) is 17.3 Å². The molecule has 0 spiro atoms. The van der Waals surface area contributed by atoms with Crippen molar-refractivity contribution < 1.29 is 18.3 Å². The Morgan fingerprint density at radius 3 is 2.62 bits per heavy atom. The SMILES string of the molecule is COc1cc2c(cc1Nc1ncc(C(N)=O)c(Nc3c(F)cccc3F)n1)CN(C)CC2. The summed E-state index contributed by atoms with van der Waals surface area (Å²) in [4.78, 5) is 22.4. The number of hydrogen-bond acceptors (Lipinski definition) is 7. The molecule has 0 saturated heterocycles. The van der Waals surface area contributed by atoms with Crippen LogP contribution in [0.4, 0.5) is 31.9 Å². The van der Waals surface area contributed by atoms with Gasteiger partial charge in [-0.1, -0.05) is 6.07 Å². The van der Waals surface area contributed by atoms with Crippen molar-refractivity contribution in [1.82, 2.24) is 14.9 Å². The maximum Gasteiger partial charge on any atom is 0.254 e. The number of carbonyl (C=O) groups excluding carboxylic acids is 1. The monoisotopic (exact) mass is 440 g/mol. The number of likely N-dealkylation sites (N-methyl/N-ethyl adjacent to an activating group) is 1. The van der Waals surface area contributed by atoms with Gasteiger partial charge in [-0.25, -0.2) is 13.8 Å². The van der Waals surface area contributed by atoms with E-state index >= 15 is 0 Å². The summed E-state index contributed by atoms with van der Waals surface area (Å²) in [6.07, 6.45) is 2.10. The molecule has 32 heavy (non-hydrogen) atoms. The van der Waals surface area contributed by atoms with E-state index in [0.717, 1.165) is 37.2 Å². The Morgan fingerprint density at radius 2 is 1.94 bits per heavy atom. The molecule has 8 nitrogen and oxygen atoms in total. The van der Waals surface area contributed by atoms with Crippen molar-refractivity contribution in [3.05, 3.63) is 64.9 Å². The number of fused-ring (bicyclic) bond motifs is 1. The predicted octanol–water partition coefficient (Wildman–Crippen LogP) is 3.34. The van der Waals surface area contributed by atoms with E-state index < -0.39 is 23.2 Å². The normalized spacial score (nSPS) is 13.4. The van der Waals surface area contributed by atoms with Gasteiger partial charge in [0.2, 0.25) is 5.95 Å². The molecule has 0 aliphatic carbocycles. The Labute approximate surface area is 183 Å². The number of amides is 1. The van der Waals surface area contributed by atoms with Gasteiger partial charge in [0.25, 0.3) is 5.91 Å². The molecule has 1 aromatic heterocycles. The van der Waals surface area contributed by atoms with Crippen LogP contribution in [0.2, 0.25) is 0 Å². The first kappa shape index (κ1) is 21.4. The summed E-state index contributed by atoms with van der Waals surface area (Å²) in [7, 11) is 3.61. The zero-order chi connectivity index (χ0) is 22.8. The number of nitrogens with one attached hydrogen (secondary N) is 2. The van der Waals surface area contributed by atoms with Crippen LogP contribution in [0.25, 0.3) is 0 Å². The fourth-order valence-corrected chi connectivity index (χ4v) is 3.57. The number of halogens is 2. The van der Waals surface area contributed by atoms with Crippen LogP contribution in [0.15, 0.2) is 36.5 Å². The number of methoxy groups -OCH3 is 1. The van der Waals surface area contributed by atoms with Crippen molar-refractivity contribution >= 4 is 29.0 Å². The van der Waals surface area contributed by atoms with Crippen molar-refractivity contribution in [2.75, 3.05) is 31.3 Å². The molecule has 0 saturated carbocycles. The summed E-state index contributed by atoms with van der Waals surface area (Å²) in [5.74, 6) is -1.95. The number of rotatable bonds is 6. The number of para-hydroxylation sites is 1. The summed E-state index contributed by atoms with van der Waals surface area (Å²) < 4.78 is 33.7. The molecule has 2 heterocycles. The van der Waals surface area contributed by atoms with Gasteiger partial charge >= 0.3 is 0 Å². The molecule has 0 atom stereocenters.